The smallest absolute Gasteiger partial charge is 0.234 e. The second-order valence-corrected chi connectivity index (χ2v) is 5.63. The van der Waals surface area contributed by atoms with Gasteiger partial charge in [0.05, 0.1) is 11.1 Å². The third-order valence-electron chi connectivity index (χ3n) is 3.38. The molecule has 1 unspecified atom stereocenters. The van der Waals surface area contributed by atoms with E-state index in [-0.39, 0.29) is 11.5 Å². The van der Waals surface area contributed by atoms with Gasteiger partial charge >= 0.3 is 0 Å². The van der Waals surface area contributed by atoms with E-state index in [1.54, 1.807) is 0 Å². The maximum atomic E-state index is 12.0. The fourth-order valence-corrected chi connectivity index (χ4v) is 2.27. The zero-order chi connectivity index (χ0) is 13.5. The molecule has 2 rings (SSSR count). The van der Waals surface area contributed by atoms with Crippen LogP contribution in [0.5, 0.6) is 5.75 Å². The number of ether oxygens (including phenoxy) is 1. The van der Waals surface area contributed by atoms with Crippen LogP contribution in [-0.4, -0.2) is 11.5 Å². The number of alkyl halides is 1. The molecule has 0 radical (unpaired) electrons. The molecule has 1 heterocycles. The summed E-state index contributed by atoms with van der Waals surface area (Å²) in [6.45, 7) is 7.73. The van der Waals surface area contributed by atoms with E-state index >= 15 is 0 Å². The monoisotopic (exact) mass is 267 g/mol. The standard InChI is InChI=1S/C14H18ClNO2/c1-5-10(15)18-9-7-6-8(2)12-11(9)14(3,4)13(17)16-12/h6-7,10H,5H2,1-4H3,(H,16,17). The number of halogens is 1. The number of carbonyl (C=O) groups is 1. The van der Waals surface area contributed by atoms with Gasteiger partial charge in [-0.3, -0.25) is 4.79 Å². The number of benzene rings is 1. The van der Waals surface area contributed by atoms with Gasteiger partial charge in [-0.05, 0) is 38.8 Å². The summed E-state index contributed by atoms with van der Waals surface area (Å²) in [6.07, 6.45) is 0.714. The Morgan fingerprint density at radius 1 is 1.44 bits per heavy atom. The number of amides is 1. The van der Waals surface area contributed by atoms with Gasteiger partial charge in [0.15, 0.2) is 5.56 Å². The molecule has 98 valence electrons. The third-order valence-corrected chi connectivity index (χ3v) is 3.78. The molecule has 1 aromatic carbocycles. The highest BCUT2D eigenvalue weighted by molar-refractivity contribution is 6.19. The lowest BCUT2D eigenvalue weighted by atomic mass is 9.85. The van der Waals surface area contributed by atoms with Gasteiger partial charge in [0.1, 0.15) is 5.75 Å². The van der Waals surface area contributed by atoms with Crippen LogP contribution in [0.25, 0.3) is 0 Å². The molecule has 0 aromatic heterocycles. The van der Waals surface area contributed by atoms with Crippen molar-refractivity contribution in [2.45, 2.75) is 45.1 Å². The predicted molar refractivity (Wildman–Crippen MR) is 73.4 cm³/mol. The average molecular weight is 268 g/mol. The van der Waals surface area contributed by atoms with Gasteiger partial charge in [0, 0.05) is 5.56 Å². The third kappa shape index (κ3) is 1.97. The van der Waals surface area contributed by atoms with Gasteiger partial charge < -0.3 is 10.1 Å². The molecule has 0 saturated heterocycles. The molecule has 18 heavy (non-hydrogen) atoms. The number of aryl methyl sites for hydroxylation is 1. The van der Waals surface area contributed by atoms with Crippen molar-refractivity contribution in [3.8, 4) is 5.75 Å². The Morgan fingerprint density at radius 2 is 2.11 bits per heavy atom. The van der Waals surface area contributed by atoms with Gasteiger partial charge in [-0.25, -0.2) is 0 Å². The number of anilines is 1. The molecule has 0 aliphatic carbocycles. The van der Waals surface area contributed by atoms with Crippen molar-refractivity contribution < 1.29 is 9.53 Å². The van der Waals surface area contributed by atoms with E-state index in [1.165, 1.54) is 0 Å². The molecule has 0 saturated carbocycles. The lowest BCUT2D eigenvalue weighted by molar-refractivity contribution is -0.119. The molecule has 3 nitrogen and oxygen atoms in total. The Morgan fingerprint density at radius 3 is 2.72 bits per heavy atom. The Balaban J connectivity index is 2.53. The number of carbonyl (C=O) groups excluding carboxylic acids is 1. The first-order valence-corrected chi connectivity index (χ1v) is 6.57. The van der Waals surface area contributed by atoms with Crippen molar-refractivity contribution in [1.29, 1.82) is 0 Å². The number of fused-ring (bicyclic) bond motifs is 1. The lowest BCUT2D eigenvalue weighted by Crippen LogP contribution is -2.27. The van der Waals surface area contributed by atoms with E-state index in [0.717, 1.165) is 16.8 Å². The van der Waals surface area contributed by atoms with Crippen LogP contribution in [0.4, 0.5) is 5.69 Å². The minimum absolute atomic E-state index is 0.000675. The van der Waals surface area contributed by atoms with Crippen molar-refractivity contribution in [1.82, 2.24) is 0 Å². The highest BCUT2D eigenvalue weighted by atomic mass is 35.5. The summed E-state index contributed by atoms with van der Waals surface area (Å²) in [4.78, 5) is 12.0. The Bertz CT molecular complexity index is 497. The van der Waals surface area contributed by atoms with Crippen LogP contribution in [0.3, 0.4) is 0 Å². The first kappa shape index (κ1) is 13.2. The maximum absolute atomic E-state index is 12.0. The van der Waals surface area contributed by atoms with E-state index in [1.807, 2.05) is 39.8 Å². The molecule has 0 spiro atoms. The Kier molecular flexibility index (Phi) is 3.28. The van der Waals surface area contributed by atoms with Crippen LogP contribution in [0.1, 0.15) is 38.3 Å². The molecule has 4 heteroatoms. The zero-order valence-corrected chi connectivity index (χ0v) is 11.9. The topological polar surface area (TPSA) is 38.3 Å². The van der Waals surface area contributed by atoms with Gasteiger partial charge in [0.25, 0.3) is 0 Å². The summed E-state index contributed by atoms with van der Waals surface area (Å²) < 4.78 is 5.72. The first-order chi connectivity index (χ1) is 8.37. The average Bonchev–Trinajstić information content (AvgIpc) is 2.55. The molecule has 1 amide bonds. The number of nitrogens with one attached hydrogen (secondary N) is 1. The van der Waals surface area contributed by atoms with Gasteiger partial charge in [0.2, 0.25) is 5.91 Å². The van der Waals surface area contributed by atoms with Gasteiger partial charge in [-0.15, -0.1) is 0 Å². The van der Waals surface area contributed by atoms with Crippen molar-refractivity contribution in [3.63, 3.8) is 0 Å². The molecular formula is C14H18ClNO2. The molecule has 1 aromatic rings. The van der Waals surface area contributed by atoms with Crippen LogP contribution >= 0.6 is 11.6 Å². The fraction of sp³-hybridized carbons (Fsp3) is 0.500. The molecule has 1 aliphatic rings. The summed E-state index contributed by atoms with van der Waals surface area (Å²) in [5, 5.41) is 2.93. The number of hydrogen-bond donors (Lipinski definition) is 1. The largest absolute Gasteiger partial charge is 0.474 e. The molecule has 1 N–H and O–H groups in total. The highest BCUT2D eigenvalue weighted by Gasteiger charge is 2.42. The molecular weight excluding hydrogens is 250 g/mol. The summed E-state index contributed by atoms with van der Waals surface area (Å²) in [5.74, 6) is 0.695. The molecule has 1 aliphatic heterocycles. The fourth-order valence-electron chi connectivity index (χ4n) is 2.17. The van der Waals surface area contributed by atoms with Crippen molar-refractivity contribution in [2.24, 2.45) is 0 Å². The minimum Gasteiger partial charge on any atom is -0.474 e. The van der Waals surface area contributed by atoms with Crippen LogP contribution in [-0.2, 0) is 10.2 Å². The Labute approximate surface area is 112 Å². The van der Waals surface area contributed by atoms with Crippen LogP contribution < -0.4 is 10.1 Å². The molecule has 0 bridgehead atoms. The summed E-state index contributed by atoms with van der Waals surface area (Å²) >= 11 is 6.04. The zero-order valence-electron chi connectivity index (χ0n) is 11.1. The van der Waals surface area contributed by atoms with Crippen LogP contribution in [0, 0.1) is 6.92 Å². The normalized spacial score (nSPS) is 18.2. The van der Waals surface area contributed by atoms with E-state index in [2.05, 4.69) is 5.32 Å². The van der Waals surface area contributed by atoms with Gasteiger partial charge in [-0.1, -0.05) is 24.6 Å². The first-order valence-electron chi connectivity index (χ1n) is 6.14. The number of rotatable bonds is 3. The highest BCUT2D eigenvalue weighted by Crippen LogP contribution is 2.45. The Hall–Kier alpha value is -1.22. The van der Waals surface area contributed by atoms with E-state index < -0.39 is 5.41 Å². The van der Waals surface area contributed by atoms with Crippen LogP contribution in [0.2, 0.25) is 0 Å². The summed E-state index contributed by atoms with van der Waals surface area (Å²) in [7, 11) is 0. The quantitative estimate of drug-likeness (QED) is 0.850. The summed E-state index contributed by atoms with van der Waals surface area (Å²) in [5.41, 5.74) is 1.86. The SMILES string of the molecule is CCC(Cl)Oc1ccc(C)c2c1C(C)(C)C(=O)N2. The predicted octanol–water partition coefficient (Wildman–Crippen LogP) is 3.58. The lowest BCUT2D eigenvalue weighted by Gasteiger charge is -2.21. The van der Waals surface area contributed by atoms with Crippen molar-refractivity contribution in [3.05, 3.63) is 23.3 Å². The number of hydrogen-bond acceptors (Lipinski definition) is 2. The maximum Gasteiger partial charge on any atom is 0.234 e. The summed E-state index contributed by atoms with van der Waals surface area (Å²) in [6, 6.07) is 3.83. The van der Waals surface area contributed by atoms with E-state index in [0.29, 0.717) is 12.2 Å². The van der Waals surface area contributed by atoms with Crippen molar-refractivity contribution >= 4 is 23.2 Å². The van der Waals surface area contributed by atoms with E-state index in [4.69, 9.17) is 16.3 Å². The molecule has 0 fully saturated rings. The second-order valence-electron chi connectivity index (χ2n) is 5.15. The van der Waals surface area contributed by atoms with E-state index in [9.17, 15) is 4.79 Å². The minimum atomic E-state index is -0.582. The molecule has 1 atom stereocenters. The van der Waals surface area contributed by atoms with Crippen LogP contribution in [0.15, 0.2) is 12.1 Å². The van der Waals surface area contributed by atoms with Gasteiger partial charge in [-0.2, -0.15) is 0 Å². The second kappa shape index (κ2) is 4.47. The van der Waals surface area contributed by atoms with Crippen molar-refractivity contribution in [2.75, 3.05) is 5.32 Å².